The van der Waals surface area contributed by atoms with Gasteiger partial charge in [0.25, 0.3) is 0 Å². The second-order valence-electron chi connectivity index (χ2n) is 7.01. The summed E-state index contributed by atoms with van der Waals surface area (Å²) in [6.07, 6.45) is 8.39. The number of nitrogens with zero attached hydrogens (tertiary/aromatic N) is 1. The summed E-state index contributed by atoms with van der Waals surface area (Å²) in [6.45, 7) is 3.60. The van der Waals surface area contributed by atoms with Crippen LogP contribution in [0.1, 0.15) is 30.4 Å². The summed E-state index contributed by atoms with van der Waals surface area (Å²) in [6, 6.07) is 7.86. The zero-order valence-electron chi connectivity index (χ0n) is 14.9. The van der Waals surface area contributed by atoms with E-state index >= 15 is 0 Å². The molecular weight excluding hydrogens is 314 g/mol. The molecule has 132 valence electrons. The highest BCUT2D eigenvalue weighted by atomic mass is 16.5. The standard InChI is InChI=1S/C21H25NO3/c1-15-6-5-7-16(10-15)11-19(21(24)25-2)12-20(23)22-13-17-8-3-4-9-18(17)14-22/h3-7,10-11,17-18H,8-9,12-14H2,1-2H3/t17-,18+. The number of amides is 1. The molecule has 1 heterocycles. The molecule has 0 N–H and O–H groups in total. The number of hydrogen-bond donors (Lipinski definition) is 0. The minimum absolute atomic E-state index is 0.0127. The monoisotopic (exact) mass is 339 g/mol. The molecule has 1 fully saturated rings. The van der Waals surface area contributed by atoms with Crippen LogP contribution in [0, 0.1) is 18.8 Å². The summed E-state index contributed by atoms with van der Waals surface area (Å²) in [5, 5.41) is 0. The van der Waals surface area contributed by atoms with Crippen LogP contribution in [-0.4, -0.2) is 37.0 Å². The van der Waals surface area contributed by atoms with Gasteiger partial charge in [-0.05, 0) is 43.2 Å². The van der Waals surface area contributed by atoms with Crippen molar-refractivity contribution in [2.45, 2.75) is 26.2 Å². The van der Waals surface area contributed by atoms with E-state index in [9.17, 15) is 9.59 Å². The number of hydrogen-bond acceptors (Lipinski definition) is 3. The molecule has 0 saturated carbocycles. The zero-order chi connectivity index (χ0) is 17.8. The maximum absolute atomic E-state index is 12.7. The normalized spacial score (nSPS) is 22.6. The topological polar surface area (TPSA) is 46.6 Å². The van der Waals surface area contributed by atoms with Crippen LogP contribution in [-0.2, 0) is 14.3 Å². The molecule has 25 heavy (non-hydrogen) atoms. The summed E-state index contributed by atoms with van der Waals surface area (Å²) in [4.78, 5) is 26.8. The van der Waals surface area contributed by atoms with E-state index in [-0.39, 0.29) is 12.3 Å². The van der Waals surface area contributed by atoms with Crippen LogP contribution in [0.3, 0.4) is 0 Å². The highest BCUT2D eigenvalue weighted by Crippen LogP contribution is 2.33. The Bertz CT molecular complexity index is 704. The second kappa shape index (κ2) is 7.68. The van der Waals surface area contributed by atoms with Gasteiger partial charge in [0.2, 0.25) is 5.91 Å². The highest BCUT2D eigenvalue weighted by molar-refractivity contribution is 5.99. The van der Waals surface area contributed by atoms with Gasteiger partial charge in [0.05, 0.1) is 13.5 Å². The minimum Gasteiger partial charge on any atom is -0.466 e. The number of ether oxygens (including phenoxy) is 1. The molecule has 0 radical (unpaired) electrons. The van der Waals surface area contributed by atoms with Gasteiger partial charge >= 0.3 is 5.97 Å². The first-order chi connectivity index (χ1) is 12.1. The van der Waals surface area contributed by atoms with Crippen molar-refractivity contribution in [1.29, 1.82) is 0 Å². The number of rotatable bonds is 4. The number of benzene rings is 1. The predicted octanol–water partition coefficient (Wildman–Crippen LogP) is 3.37. The Kier molecular flexibility index (Phi) is 5.37. The van der Waals surface area contributed by atoms with Crippen LogP contribution >= 0.6 is 0 Å². The van der Waals surface area contributed by atoms with Crippen molar-refractivity contribution >= 4 is 18.0 Å². The molecule has 0 unspecified atom stereocenters. The Hall–Kier alpha value is -2.36. The van der Waals surface area contributed by atoms with Gasteiger partial charge in [-0.1, -0.05) is 42.0 Å². The molecule has 2 atom stereocenters. The van der Waals surface area contributed by atoms with Gasteiger partial charge in [-0.15, -0.1) is 0 Å². The van der Waals surface area contributed by atoms with Crippen molar-refractivity contribution in [2.24, 2.45) is 11.8 Å². The number of esters is 1. The number of fused-ring (bicyclic) bond motifs is 1. The number of allylic oxidation sites excluding steroid dienone is 2. The van der Waals surface area contributed by atoms with E-state index in [2.05, 4.69) is 12.2 Å². The van der Waals surface area contributed by atoms with Crippen LogP contribution in [0.5, 0.6) is 0 Å². The first kappa shape index (κ1) is 17.5. The summed E-state index contributed by atoms with van der Waals surface area (Å²) in [5.74, 6) is 0.708. The number of likely N-dealkylation sites (tertiary alicyclic amines) is 1. The van der Waals surface area contributed by atoms with Crippen molar-refractivity contribution in [2.75, 3.05) is 20.2 Å². The Morgan fingerprint density at radius 1 is 1.20 bits per heavy atom. The quantitative estimate of drug-likeness (QED) is 0.480. The van der Waals surface area contributed by atoms with Gasteiger partial charge in [-0.2, -0.15) is 0 Å². The average Bonchev–Trinajstić information content (AvgIpc) is 3.05. The number of carbonyl (C=O) groups is 2. The third kappa shape index (κ3) is 4.19. The highest BCUT2D eigenvalue weighted by Gasteiger charge is 2.35. The Morgan fingerprint density at radius 2 is 1.88 bits per heavy atom. The molecule has 0 spiro atoms. The lowest BCUT2D eigenvalue weighted by atomic mass is 9.86. The van der Waals surface area contributed by atoms with Gasteiger partial charge in [-0.3, -0.25) is 4.79 Å². The smallest absolute Gasteiger partial charge is 0.334 e. The summed E-state index contributed by atoms with van der Waals surface area (Å²) < 4.78 is 4.88. The lowest BCUT2D eigenvalue weighted by molar-refractivity contribution is -0.138. The SMILES string of the molecule is COC(=O)C(=Cc1cccc(C)c1)CC(=O)N1C[C@H]2CC=CC[C@H]2C1. The van der Waals surface area contributed by atoms with E-state index < -0.39 is 5.97 Å². The number of aryl methyl sites for hydroxylation is 1. The molecule has 2 aliphatic rings. The van der Waals surface area contributed by atoms with Gasteiger partial charge in [0.15, 0.2) is 0 Å². The maximum Gasteiger partial charge on any atom is 0.334 e. The van der Waals surface area contributed by atoms with E-state index in [1.54, 1.807) is 6.08 Å². The largest absolute Gasteiger partial charge is 0.466 e. The van der Waals surface area contributed by atoms with Gasteiger partial charge in [-0.25, -0.2) is 4.79 Å². The average molecular weight is 339 g/mol. The fourth-order valence-electron chi connectivity index (χ4n) is 3.77. The van der Waals surface area contributed by atoms with Crippen molar-refractivity contribution in [3.8, 4) is 0 Å². The van der Waals surface area contributed by atoms with Crippen molar-refractivity contribution in [1.82, 2.24) is 4.90 Å². The fraction of sp³-hybridized carbons (Fsp3) is 0.429. The first-order valence-corrected chi connectivity index (χ1v) is 8.85. The van der Waals surface area contributed by atoms with Gasteiger partial charge in [0.1, 0.15) is 0 Å². The summed E-state index contributed by atoms with van der Waals surface area (Å²) in [7, 11) is 1.35. The van der Waals surface area contributed by atoms with Crippen LogP contribution in [0.25, 0.3) is 6.08 Å². The van der Waals surface area contributed by atoms with E-state index in [1.165, 1.54) is 7.11 Å². The first-order valence-electron chi connectivity index (χ1n) is 8.85. The minimum atomic E-state index is -0.437. The van der Waals surface area contributed by atoms with Crippen molar-refractivity contribution in [3.05, 3.63) is 53.1 Å². The van der Waals surface area contributed by atoms with Crippen molar-refractivity contribution < 1.29 is 14.3 Å². The third-order valence-electron chi connectivity index (χ3n) is 5.15. The van der Waals surface area contributed by atoms with Crippen molar-refractivity contribution in [3.63, 3.8) is 0 Å². The molecule has 1 aliphatic heterocycles. The molecule has 1 saturated heterocycles. The molecule has 0 aromatic heterocycles. The van der Waals surface area contributed by atoms with E-state index in [0.717, 1.165) is 37.1 Å². The van der Waals surface area contributed by atoms with Gasteiger partial charge < -0.3 is 9.64 Å². The number of methoxy groups -OCH3 is 1. The fourth-order valence-corrected chi connectivity index (χ4v) is 3.77. The van der Waals surface area contributed by atoms with Crippen LogP contribution in [0.4, 0.5) is 0 Å². The molecule has 1 aromatic rings. The molecule has 1 aliphatic carbocycles. The molecule has 0 bridgehead atoms. The lowest BCUT2D eigenvalue weighted by Crippen LogP contribution is -2.30. The summed E-state index contributed by atoms with van der Waals surface area (Å²) in [5.41, 5.74) is 2.43. The second-order valence-corrected chi connectivity index (χ2v) is 7.01. The molecule has 4 nitrogen and oxygen atoms in total. The summed E-state index contributed by atoms with van der Waals surface area (Å²) >= 11 is 0. The van der Waals surface area contributed by atoms with E-state index in [4.69, 9.17) is 4.74 Å². The Labute approximate surface area is 149 Å². The molecule has 4 heteroatoms. The maximum atomic E-state index is 12.7. The number of carbonyl (C=O) groups excluding carboxylic acids is 2. The molecule has 1 amide bonds. The van der Waals surface area contributed by atoms with Gasteiger partial charge in [0, 0.05) is 18.7 Å². The molecule has 1 aromatic carbocycles. The molecular formula is C21H25NO3. The Morgan fingerprint density at radius 3 is 2.48 bits per heavy atom. The Balaban J connectivity index is 1.72. The third-order valence-corrected chi connectivity index (χ3v) is 5.15. The predicted molar refractivity (Wildman–Crippen MR) is 97.7 cm³/mol. The van der Waals surface area contributed by atoms with Crippen LogP contribution < -0.4 is 0 Å². The van der Waals surface area contributed by atoms with Crippen LogP contribution in [0.15, 0.2) is 42.0 Å². The lowest BCUT2D eigenvalue weighted by Gasteiger charge is -2.17. The van der Waals surface area contributed by atoms with E-state index in [1.807, 2.05) is 36.1 Å². The van der Waals surface area contributed by atoms with E-state index in [0.29, 0.717) is 17.4 Å². The zero-order valence-corrected chi connectivity index (χ0v) is 14.9. The molecule has 3 rings (SSSR count). The van der Waals surface area contributed by atoms with Crippen LogP contribution in [0.2, 0.25) is 0 Å².